The molecule has 0 bridgehead atoms. The van der Waals surface area contributed by atoms with Crippen molar-refractivity contribution in [1.82, 2.24) is 20.1 Å². The molecular weight excluding hydrogens is 348 g/mol. The Hall–Kier alpha value is -2.67. The number of pyridine rings is 1. The fourth-order valence-corrected chi connectivity index (χ4v) is 3.92. The summed E-state index contributed by atoms with van der Waals surface area (Å²) in [5, 5.41) is 7.19. The van der Waals surface area contributed by atoms with Crippen LogP contribution in [-0.2, 0) is 0 Å². The van der Waals surface area contributed by atoms with Crippen LogP contribution in [0.3, 0.4) is 0 Å². The summed E-state index contributed by atoms with van der Waals surface area (Å²) in [6, 6.07) is 9.71. The quantitative estimate of drug-likeness (QED) is 0.765. The van der Waals surface area contributed by atoms with E-state index in [2.05, 4.69) is 28.2 Å². The summed E-state index contributed by atoms with van der Waals surface area (Å²) in [6.45, 7) is 3.41. The molecule has 134 valence electrons. The molecule has 1 aliphatic heterocycles. The van der Waals surface area contributed by atoms with Crippen LogP contribution in [0.4, 0.5) is 0 Å². The molecule has 0 aliphatic carbocycles. The summed E-state index contributed by atoms with van der Waals surface area (Å²) in [7, 11) is 0. The van der Waals surface area contributed by atoms with Crippen molar-refractivity contribution in [2.24, 2.45) is 0 Å². The number of piperidine rings is 1. The van der Waals surface area contributed by atoms with Crippen molar-refractivity contribution < 1.29 is 9.53 Å². The lowest BCUT2D eigenvalue weighted by Crippen LogP contribution is -2.41. The molecule has 0 spiro atoms. The van der Waals surface area contributed by atoms with Crippen LogP contribution in [0.2, 0.25) is 0 Å². The number of aromatic nitrogens is 3. The number of nitrogens with zero attached hydrogens (tertiary/aromatic N) is 3. The zero-order chi connectivity index (χ0) is 17.9. The molecular formula is C19H20N4O2S. The standard InChI is InChI=1S/C19H20N4O2S/c1-13-4-5-18(26-13)16-11-17(22-21-16)19(24)23-9-6-14(7-10-23)25-15-3-2-8-20-12-15/h2-5,8,11-12,14H,6-7,9-10H2,1H3,(H,21,22). The van der Waals surface area contributed by atoms with E-state index in [0.717, 1.165) is 29.2 Å². The van der Waals surface area contributed by atoms with Gasteiger partial charge in [-0.2, -0.15) is 5.10 Å². The van der Waals surface area contributed by atoms with E-state index in [1.165, 1.54) is 4.88 Å². The molecule has 0 aromatic carbocycles. The summed E-state index contributed by atoms with van der Waals surface area (Å²) in [5.41, 5.74) is 1.36. The van der Waals surface area contributed by atoms with Crippen LogP contribution in [0.1, 0.15) is 28.2 Å². The van der Waals surface area contributed by atoms with Gasteiger partial charge in [0.1, 0.15) is 11.9 Å². The number of aryl methyl sites for hydroxylation is 1. The molecule has 1 N–H and O–H groups in total. The summed E-state index contributed by atoms with van der Waals surface area (Å²) in [6.07, 6.45) is 5.18. The molecule has 0 unspecified atom stereocenters. The number of H-pyrrole nitrogens is 1. The number of nitrogens with one attached hydrogen (secondary N) is 1. The predicted molar refractivity (Wildman–Crippen MR) is 100 cm³/mol. The Morgan fingerprint density at radius 1 is 1.31 bits per heavy atom. The zero-order valence-corrected chi connectivity index (χ0v) is 15.3. The number of carbonyl (C=O) groups is 1. The second kappa shape index (κ2) is 7.29. The first-order chi connectivity index (χ1) is 12.7. The van der Waals surface area contributed by atoms with Gasteiger partial charge in [0.25, 0.3) is 5.91 Å². The number of carbonyl (C=O) groups excluding carboxylic acids is 1. The van der Waals surface area contributed by atoms with Gasteiger partial charge in [0.15, 0.2) is 5.69 Å². The van der Waals surface area contributed by atoms with Crippen LogP contribution in [-0.4, -0.2) is 45.2 Å². The number of thiophene rings is 1. The van der Waals surface area contributed by atoms with E-state index < -0.39 is 0 Å². The number of amides is 1. The third-order valence-electron chi connectivity index (χ3n) is 4.47. The van der Waals surface area contributed by atoms with E-state index in [9.17, 15) is 4.79 Å². The summed E-state index contributed by atoms with van der Waals surface area (Å²) < 4.78 is 5.93. The van der Waals surface area contributed by atoms with Crippen LogP contribution >= 0.6 is 11.3 Å². The molecule has 3 aromatic heterocycles. The predicted octanol–water partition coefficient (Wildman–Crippen LogP) is 3.53. The van der Waals surface area contributed by atoms with Gasteiger partial charge < -0.3 is 9.64 Å². The molecule has 1 amide bonds. The lowest BCUT2D eigenvalue weighted by Gasteiger charge is -2.31. The molecule has 4 rings (SSSR count). The van der Waals surface area contributed by atoms with Crippen LogP contribution < -0.4 is 4.74 Å². The second-order valence-electron chi connectivity index (χ2n) is 6.38. The monoisotopic (exact) mass is 368 g/mol. The minimum absolute atomic E-state index is 0.0272. The minimum Gasteiger partial charge on any atom is -0.489 e. The largest absolute Gasteiger partial charge is 0.489 e. The molecule has 1 fully saturated rings. The van der Waals surface area contributed by atoms with Crippen molar-refractivity contribution >= 4 is 17.2 Å². The average molecular weight is 368 g/mol. The van der Waals surface area contributed by atoms with Crippen LogP contribution in [0.5, 0.6) is 5.75 Å². The molecule has 3 aromatic rings. The number of hydrogen-bond acceptors (Lipinski definition) is 5. The van der Waals surface area contributed by atoms with Crippen molar-refractivity contribution in [3.63, 3.8) is 0 Å². The van der Waals surface area contributed by atoms with Gasteiger partial charge in [-0.05, 0) is 37.3 Å². The fraction of sp³-hybridized carbons (Fsp3) is 0.316. The van der Waals surface area contributed by atoms with Crippen molar-refractivity contribution in [3.8, 4) is 16.3 Å². The van der Waals surface area contributed by atoms with Gasteiger partial charge in [0.2, 0.25) is 0 Å². The number of likely N-dealkylation sites (tertiary alicyclic amines) is 1. The van der Waals surface area contributed by atoms with E-state index in [4.69, 9.17) is 4.74 Å². The molecule has 0 saturated carbocycles. The summed E-state index contributed by atoms with van der Waals surface area (Å²) >= 11 is 1.68. The highest BCUT2D eigenvalue weighted by Gasteiger charge is 2.26. The van der Waals surface area contributed by atoms with Gasteiger partial charge in [-0.3, -0.25) is 14.9 Å². The second-order valence-corrected chi connectivity index (χ2v) is 7.66. The van der Waals surface area contributed by atoms with E-state index in [1.807, 2.05) is 29.2 Å². The Kier molecular flexibility index (Phi) is 4.71. The van der Waals surface area contributed by atoms with E-state index in [0.29, 0.717) is 18.8 Å². The first kappa shape index (κ1) is 16.8. The van der Waals surface area contributed by atoms with E-state index in [1.54, 1.807) is 23.7 Å². The average Bonchev–Trinajstić information content (AvgIpc) is 3.32. The Labute approximate surface area is 155 Å². The lowest BCUT2D eigenvalue weighted by molar-refractivity contribution is 0.0589. The van der Waals surface area contributed by atoms with Gasteiger partial charge in [0.05, 0.1) is 16.8 Å². The topological polar surface area (TPSA) is 71.1 Å². The van der Waals surface area contributed by atoms with Gasteiger partial charge in [-0.1, -0.05) is 0 Å². The fourth-order valence-electron chi connectivity index (χ4n) is 3.08. The Balaban J connectivity index is 1.36. The Bertz CT molecular complexity index is 882. The Morgan fingerprint density at radius 3 is 2.85 bits per heavy atom. The SMILES string of the molecule is Cc1ccc(-c2cc(C(=O)N3CCC(Oc4cccnc4)CC3)n[nH]2)s1. The van der Waals surface area contributed by atoms with Crippen molar-refractivity contribution in [3.05, 3.63) is 53.3 Å². The molecule has 0 radical (unpaired) electrons. The molecule has 6 nitrogen and oxygen atoms in total. The minimum atomic E-state index is -0.0272. The number of rotatable bonds is 4. The maximum Gasteiger partial charge on any atom is 0.274 e. The Morgan fingerprint density at radius 2 is 2.15 bits per heavy atom. The van der Waals surface area contributed by atoms with Crippen LogP contribution in [0.25, 0.3) is 10.6 Å². The van der Waals surface area contributed by atoms with Gasteiger partial charge in [-0.25, -0.2) is 0 Å². The van der Waals surface area contributed by atoms with Crippen molar-refractivity contribution in [2.75, 3.05) is 13.1 Å². The number of hydrogen-bond donors (Lipinski definition) is 1. The van der Waals surface area contributed by atoms with Gasteiger partial charge >= 0.3 is 0 Å². The maximum atomic E-state index is 12.7. The van der Waals surface area contributed by atoms with Gasteiger partial charge in [0, 0.05) is 37.0 Å². The maximum absolute atomic E-state index is 12.7. The van der Waals surface area contributed by atoms with Crippen LogP contribution in [0, 0.1) is 6.92 Å². The first-order valence-electron chi connectivity index (χ1n) is 8.67. The highest BCUT2D eigenvalue weighted by Crippen LogP contribution is 2.27. The molecule has 4 heterocycles. The highest BCUT2D eigenvalue weighted by molar-refractivity contribution is 7.15. The number of ether oxygens (including phenoxy) is 1. The van der Waals surface area contributed by atoms with Crippen molar-refractivity contribution in [2.45, 2.75) is 25.9 Å². The molecule has 1 saturated heterocycles. The highest BCUT2D eigenvalue weighted by atomic mass is 32.1. The molecule has 1 aliphatic rings. The molecule has 26 heavy (non-hydrogen) atoms. The third kappa shape index (κ3) is 3.62. The van der Waals surface area contributed by atoms with Crippen LogP contribution in [0.15, 0.2) is 42.7 Å². The zero-order valence-electron chi connectivity index (χ0n) is 14.5. The lowest BCUT2D eigenvalue weighted by atomic mass is 10.1. The molecule has 0 atom stereocenters. The molecule has 7 heteroatoms. The normalized spacial score (nSPS) is 15.2. The van der Waals surface area contributed by atoms with E-state index >= 15 is 0 Å². The first-order valence-corrected chi connectivity index (χ1v) is 9.49. The van der Waals surface area contributed by atoms with Crippen molar-refractivity contribution in [1.29, 1.82) is 0 Å². The summed E-state index contributed by atoms with van der Waals surface area (Å²) in [4.78, 5) is 21.0. The summed E-state index contributed by atoms with van der Waals surface area (Å²) in [5.74, 6) is 0.751. The number of aromatic amines is 1. The smallest absolute Gasteiger partial charge is 0.274 e. The van der Waals surface area contributed by atoms with E-state index in [-0.39, 0.29) is 12.0 Å². The third-order valence-corrected chi connectivity index (χ3v) is 5.50. The van der Waals surface area contributed by atoms with Gasteiger partial charge in [-0.15, -0.1) is 11.3 Å².